The smallest absolute Gasteiger partial charge is 0.417 e. The first-order valence-electron chi connectivity index (χ1n) is 10.8. The number of carbonyl (C=O) groups excluding carboxylic acids is 2. The van der Waals surface area contributed by atoms with Gasteiger partial charge in [-0.2, -0.15) is 0 Å². The molecular formula is C23H44O8. The highest BCUT2D eigenvalue weighted by Crippen LogP contribution is 2.13. The lowest BCUT2D eigenvalue weighted by Crippen LogP contribution is -2.25. The summed E-state index contributed by atoms with van der Waals surface area (Å²) in [6, 6.07) is 0. The Labute approximate surface area is 188 Å². The van der Waals surface area contributed by atoms with Crippen LogP contribution in [0.2, 0.25) is 0 Å². The minimum absolute atomic E-state index is 0.0323. The first-order chi connectivity index (χ1) is 14.1. The number of hydrogen-bond acceptors (Lipinski definition) is 7. The normalized spacial score (nSPS) is 11.5. The van der Waals surface area contributed by atoms with Gasteiger partial charge in [-0.3, -0.25) is 4.79 Å². The molecule has 0 unspecified atom stereocenters. The molecule has 0 rings (SSSR count). The van der Waals surface area contributed by atoms with Gasteiger partial charge in [-0.25, -0.2) is 9.59 Å². The summed E-state index contributed by atoms with van der Waals surface area (Å²) in [5, 5.41) is 8.23. The number of esters is 2. The molecule has 0 saturated carbocycles. The maximum Gasteiger partial charge on any atom is 0.417 e. The van der Waals surface area contributed by atoms with E-state index in [1.165, 1.54) is 0 Å². The number of hydrogen-bond donors (Lipinski definition) is 1. The van der Waals surface area contributed by atoms with Crippen LogP contribution in [-0.4, -0.2) is 62.7 Å². The monoisotopic (exact) mass is 448 g/mol. The second-order valence-electron chi connectivity index (χ2n) is 10.2. The summed E-state index contributed by atoms with van der Waals surface area (Å²) in [6.45, 7) is 18.1. The Balaban J connectivity index is 0. The van der Waals surface area contributed by atoms with E-state index in [1.54, 1.807) is 0 Å². The van der Waals surface area contributed by atoms with E-state index < -0.39 is 17.9 Å². The third kappa shape index (κ3) is 28.3. The van der Waals surface area contributed by atoms with Crippen LogP contribution < -0.4 is 0 Å². The van der Waals surface area contributed by atoms with Gasteiger partial charge in [-0.1, -0.05) is 61.8 Å². The van der Waals surface area contributed by atoms with E-state index in [0.717, 1.165) is 12.8 Å². The van der Waals surface area contributed by atoms with E-state index in [-0.39, 0.29) is 37.3 Å². The van der Waals surface area contributed by atoms with Crippen LogP contribution in [0.3, 0.4) is 0 Å². The van der Waals surface area contributed by atoms with Crippen molar-refractivity contribution in [1.82, 2.24) is 0 Å². The molecule has 0 aromatic rings. The van der Waals surface area contributed by atoms with Gasteiger partial charge in [-0.05, 0) is 23.2 Å². The van der Waals surface area contributed by atoms with E-state index in [1.807, 2.05) is 41.5 Å². The molecule has 184 valence electrons. The topological polar surface area (TPSA) is 108 Å². The van der Waals surface area contributed by atoms with Crippen molar-refractivity contribution in [2.45, 2.75) is 74.7 Å². The van der Waals surface area contributed by atoms with E-state index in [0.29, 0.717) is 25.6 Å². The molecule has 8 heteroatoms. The highest BCUT2D eigenvalue weighted by molar-refractivity contribution is 6.29. The van der Waals surface area contributed by atoms with Crippen LogP contribution in [0.1, 0.15) is 74.7 Å². The molecule has 31 heavy (non-hydrogen) atoms. The number of ether oxygens (including phenoxy) is 4. The molecule has 0 aromatic heterocycles. The predicted octanol–water partition coefficient (Wildman–Crippen LogP) is 4.10. The van der Waals surface area contributed by atoms with Crippen LogP contribution >= 0.6 is 0 Å². The van der Waals surface area contributed by atoms with Crippen LogP contribution in [0.5, 0.6) is 0 Å². The maximum absolute atomic E-state index is 11.3. The zero-order valence-corrected chi connectivity index (χ0v) is 20.7. The van der Waals surface area contributed by atoms with Gasteiger partial charge in [0.1, 0.15) is 13.2 Å². The number of carboxylic acid groups (broad SMARTS) is 1. The maximum atomic E-state index is 11.3. The number of carboxylic acids is 1. The summed E-state index contributed by atoms with van der Waals surface area (Å²) in [4.78, 5) is 32.6. The largest absolute Gasteiger partial charge is 0.481 e. The van der Waals surface area contributed by atoms with Crippen LogP contribution in [0, 0.1) is 16.7 Å². The van der Waals surface area contributed by atoms with Gasteiger partial charge in [0.15, 0.2) is 0 Å². The molecule has 0 spiro atoms. The van der Waals surface area contributed by atoms with Crippen LogP contribution in [0.25, 0.3) is 0 Å². The van der Waals surface area contributed by atoms with E-state index in [2.05, 4.69) is 13.8 Å². The minimum atomic E-state index is -1.00. The van der Waals surface area contributed by atoms with Crippen molar-refractivity contribution in [3.05, 3.63) is 0 Å². The molecule has 0 heterocycles. The van der Waals surface area contributed by atoms with Crippen molar-refractivity contribution in [1.29, 1.82) is 0 Å². The van der Waals surface area contributed by atoms with E-state index in [9.17, 15) is 14.4 Å². The number of rotatable bonds is 12. The van der Waals surface area contributed by atoms with Crippen molar-refractivity contribution < 1.29 is 38.4 Å². The molecular weight excluding hydrogens is 404 g/mol. The van der Waals surface area contributed by atoms with Crippen LogP contribution in [-0.2, 0) is 33.3 Å². The first kappa shape index (κ1) is 31.5. The average molecular weight is 449 g/mol. The molecule has 0 aliphatic heterocycles. The SMILES string of the molecule is CC(C)(C)COCCOC(=O)C(=O)OCCOCC(C)(C)C.CC(C)CCCC(=O)O. The molecule has 0 atom stereocenters. The van der Waals surface area contributed by atoms with E-state index in [4.69, 9.17) is 24.1 Å². The minimum Gasteiger partial charge on any atom is -0.481 e. The average Bonchev–Trinajstić information content (AvgIpc) is 2.58. The fourth-order valence-electron chi connectivity index (χ4n) is 1.92. The van der Waals surface area contributed by atoms with Gasteiger partial charge in [0.25, 0.3) is 0 Å². The lowest BCUT2D eigenvalue weighted by Gasteiger charge is -2.18. The third-order valence-electron chi connectivity index (χ3n) is 3.33. The molecule has 1 N–H and O–H groups in total. The third-order valence-corrected chi connectivity index (χ3v) is 3.33. The van der Waals surface area contributed by atoms with Gasteiger partial charge in [0.2, 0.25) is 0 Å². The Bertz CT molecular complexity index is 467. The quantitative estimate of drug-likeness (QED) is 0.270. The van der Waals surface area contributed by atoms with Crippen LogP contribution in [0.15, 0.2) is 0 Å². The molecule has 8 nitrogen and oxygen atoms in total. The lowest BCUT2D eigenvalue weighted by atomic mass is 9.99. The van der Waals surface area contributed by atoms with Gasteiger partial charge < -0.3 is 24.1 Å². The molecule has 0 aromatic carbocycles. The number of aliphatic carboxylic acids is 1. The fraction of sp³-hybridized carbons (Fsp3) is 0.870. The summed E-state index contributed by atoms with van der Waals surface area (Å²) in [6.07, 6.45) is 2.15. The predicted molar refractivity (Wildman–Crippen MR) is 119 cm³/mol. The molecule has 0 aliphatic carbocycles. The van der Waals surface area contributed by atoms with Crippen molar-refractivity contribution in [2.75, 3.05) is 39.6 Å². The first-order valence-corrected chi connectivity index (χ1v) is 10.8. The Morgan fingerprint density at radius 1 is 0.742 bits per heavy atom. The second-order valence-corrected chi connectivity index (χ2v) is 10.2. The van der Waals surface area contributed by atoms with Crippen molar-refractivity contribution in [3.8, 4) is 0 Å². The Morgan fingerprint density at radius 3 is 1.42 bits per heavy atom. The Kier molecular flexibility index (Phi) is 17.2. The molecule has 0 amide bonds. The summed E-state index contributed by atoms with van der Waals surface area (Å²) < 4.78 is 20.1. The molecule has 0 fully saturated rings. The standard InChI is InChI=1S/C16H30O6.C7H14O2/c1-15(2,3)11-19-7-9-21-13(17)14(18)22-10-8-20-12-16(4,5)6;1-6(2)4-3-5-7(8)9/h7-12H2,1-6H3;6H,3-5H2,1-2H3,(H,8,9). The van der Waals surface area contributed by atoms with Crippen LogP contribution in [0.4, 0.5) is 0 Å². The van der Waals surface area contributed by atoms with Crippen molar-refractivity contribution >= 4 is 17.9 Å². The van der Waals surface area contributed by atoms with E-state index >= 15 is 0 Å². The molecule has 0 aliphatic rings. The van der Waals surface area contributed by atoms with Gasteiger partial charge >= 0.3 is 17.9 Å². The van der Waals surface area contributed by atoms with Gasteiger partial charge in [-0.15, -0.1) is 0 Å². The Hall–Kier alpha value is -1.67. The zero-order chi connectivity index (χ0) is 24.5. The molecule has 0 radical (unpaired) electrons. The van der Waals surface area contributed by atoms with Crippen molar-refractivity contribution in [3.63, 3.8) is 0 Å². The van der Waals surface area contributed by atoms with Gasteiger partial charge in [0, 0.05) is 6.42 Å². The lowest BCUT2D eigenvalue weighted by molar-refractivity contribution is -0.169. The summed E-state index contributed by atoms with van der Waals surface area (Å²) in [5.41, 5.74) is 0.103. The summed E-state index contributed by atoms with van der Waals surface area (Å²) in [7, 11) is 0. The summed E-state index contributed by atoms with van der Waals surface area (Å²) >= 11 is 0. The number of carbonyl (C=O) groups is 3. The van der Waals surface area contributed by atoms with Crippen molar-refractivity contribution in [2.24, 2.45) is 16.7 Å². The molecule has 0 bridgehead atoms. The summed E-state index contributed by atoms with van der Waals surface area (Å²) in [5.74, 6) is -2.06. The molecule has 0 saturated heterocycles. The fourth-order valence-corrected chi connectivity index (χ4v) is 1.92. The zero-order valence-electron chi connectivity index (χ0n) is 20.7. The highest BCUT2D eigenvalue weighted by atomic mass is 16.6. The van der Waals surface area contributed by atoms with Gasteiger partial charge in [0.05, 0.1) is 26.4 Å². The highest BCUT2D eigenvalue weighted by Gasteiger charge is 2.17. The Morgan fingerprint density at radius 2 is 1.13 bits per heavy atom. The second kappa shape index (κ2) is 17.0.